The Hall–Kier alpha value is -2.25. The van der Waals surface area contributed by atoms with Crippen molar-refractivity contribution in [3.05, 3.63) is 35.8 Å². The van der Waals surface area contributed by atoms with Crippen molar-refractivity contribution < 1.29 is 0 Å². The Morgan fingerprint density at radius 1 is 1.22 bits per heavy atom. The van der Waals surface area contributed by atoms with Gasteiger partial charge in [0, 0.05) is 35.7 Å². The van der Waals surface area contributed by atoms with E-state index in [-0.39, 0.29) is 0 Å². The smallest absolute Gasteiger partial charge is 0.212 e. The van der Waals surface area contributed by atoms with Gasteiger partial charge in [0.1, 0.15) is 5.01 Å². The summed E-state index contributed by atoms with van der Waals surface area (Å²) in [5, 5.41) is 15.2. The van der Waals surface area contributed by atoms with Crippen molar-refractivity contribution in [3.63, 3.8) is 0 Å². The van der Waals surface area contributed by atoms with E-state index in [1.165, 1.54) is 36.9 Å². The number of imidazole rings is 1. The van der Waals surface area contributed by atoms with Crippen LogP contribution >= 0.6 is 11.3 Å². The summed E-state index contributed by atoms with van der Waals surface area (Å²) in [6.45, 7) is 3.22. The molecule has 6 rings (SSSR count). The Balaban J connectivity index is 1.36. The maximum absolute atomic E-state index is 4.94. The van der Waals surface area contributed by atoms with Crippen LogP contribution in [0.1, 0.15) is 42.9 Å². The van der Waals surface area contributed by atoms with Gasteiger partial charge in [-0.1, -0.05) is 11.3 Å². The molecular formula is C20H22N6S. The second kappa shape index (κ2) is 5.39. The van der Waals surface area contributed by atoms with Crippen LogP contribution in [-0.2, 0) is 7.05 Å². The maximum atomic E-state index is 4.94. The minimum absolute atomic E-state index is 0.426. The number of benzene rings is 1. The van der Waals surface area contributed by atoms with Crippen molar-refractivity contribution in [2.24, 2.45) is 7.05 Å². The van der Waals surface area contributed by atoms with Crippen LogP contribution in [0.3, 0.4) is 0 Å². The number of rotatable bonds is 2. The molecule has 0 radical (unpaired) electrons. The summed E-state index contributed by atoms with van der Waals surface area (Å²) in [7, 11) is 1.96. The van der Waals surface area contributed by atoms with Crippen LogP contribution in [0.4, 0.5) is 0 Å². The lowest BCUT2D eigenvalue weighted by molar-refractivity contribution is 0.342. The van der Waals surface area contributed by atoms with Crippen LogP contribution in [0, 0.1) is 6.92 Å². The molecule has 1 aliphatic carbocycles. The monoisotopic (exact) mass is 378 g/mol. The van der Waals surface area contributed by atoms with Crippen molar-refractivity contribution in [2.45, 2.75) is 44.1 Å². The summed E-state index contributed by atoms with van der Waals surface area (Å²) in [6, 6.07) is 4.36. The molecule has 0 bridgehead atoms. The summed E-state index contributed by atoms with van der Waals surface area (Å²) in [6.07, 6.45) is 9.26. The average Bonchev–Trinajstić information content (AvgIpc) is 2.99. The van der Waals surface area contributed by atoms with Crippen molar-refractivity contribution >= 4 is 27.2 Å². The summed E-state index contributed by atoms with van der Waals surface area (Å²) in [5.41, 5.74) is 5.02. The second-order valence-electron chi connectivity index (χ2n) is 8.23. The zero-order valence-corrected chi connectivity index (χ0v) is 16.4. The number of fused-ring (bicyclic) bond motifs is 2. The number of nitrogens with zero attached hydrogens (tertiary/aromatic N) is 5. The molecule has 7 heteroatoms. The number of aromatic nitrogens is 5. The molecule has 1 atom stereocenters. The zero-order valence-electron chi connectivity index (χ0n) is 15.6. The number of nitrogens with one attached hydrogen (secondary N) is 1. The van der Waals surface area contributed by atoms with Gasteiger partial charge in [-0.2, -0.15) is 10.2 Å². The van der Waals surface area contributed by atoms with Crippen LogP contribution < -0.4 is 5.32 Å². The summed E-state index contributed by atoms with van der Waals surface area (Å²) in [4.78, 5) is 5.93. The molecule has 1 aliphatic heterocycles. The van der Waals surface area contributed by atoms with E-state index in [4.69, 9.17) is 10.1 Å². The van der Waals surface area contributed by atoms with Gasteiger partial charge in [-0.25, -0.2) is 9.50 Å². The second-order valence-corrected chi connectivity index (χ2v) is 9.19. The molecule has 2 fully saturated rings. The van der Waals surface area contributed by atoms with Crippen LogP contribution in [0.25, 0.3) is 26.4 Å². The minimum Gasteiger partial charge on any atom is -0.311 e. The van der Waals surface area contributed by atoms with Gasteiger partial charge in [-0.15, -0.1) is 0 Å². The number of piperidine rings is 1. The van der Waals surface area contributed by atoms with Crippen LogP contribution in [-0.4, -0.2) is 36.5 Å². The Bertz CT molecular complexity index is 1150. The standard InChI is InChI=1S/C20H22N6S/c1-12-7-14(8-15-10-25(2)23-17(12)15)18-24-26-11-16(22-19(26)27-18)13-3-6-21-20(9-13)4-5-20/h7-8,10-11,13,21H,3-6,9H2,1-2H3/t13-/m0/s1. The molecule has 1 saturated heterocycles. The van der Waals surface area contributed by atoms with E-state index in [0.29, 0.717) is 11.5 Å². The Labute approximate surface area is 161 Å². The number of hydrogen-bond donors (Lipinski definition) is 1. The molecule has 0 unspecified atom stereocenters. The molecule has 1 saturated carbocycles. The first kappa shape index (κ1) is 15.8. The van der Waals surface area contributed by atoms with E-state index in [2.05, 4.69) is 41.9 Å². The fraction of sp³-hybridized carbons (Fsp3) is 0.450. The third kappa shape index (κ3) is 2.52. The molecule has 1 N–H and O–H groups in total. The topological polar surface area (TPSA) is 60.0 Å². The highest BCUT2D eigenvalue weighted by Gasteiger charge is 2.46. The minimum atomic E-state index is 0.426. The highest BCUT2D eigenvalue weighted by molar-refractivity contribution is 7.19. The van der Waals surface area contributed by atoms with Gasteiger partial charge < -0.3 is 5.32 Å². The van der Waals surface area contributed by atoms with Gasteiger partial charge in [-0.3, -0.25) is 4.68 Å². The van der Waals surface area contributed by atoms with E-state index in [0.717, 1.165) is 33.0 Å². The van der Waals surface area contributed by atoms with E-state index < -0.39 is 0 Å². The maximum Gasteiger partial charge on any atom is 0.212 e. The van der Waals surface area contributed by atoms with Gasteiger partial charge in [-0.05, 0) is 56.8 Å². The van der Waals surface area contributed by atoms with Crippen molar-refractivity contribution in [2.75, 3.05) is 6.54 Å². The third-order valence-corrected chi connectivity index (χ3v) is 7.10. The summed E-state index contributed by atoms with van der Waals surface area (Å²) in [5.74, 6) is 0.570. The molecule has 2 aliphatic rings. The van der Waals surface area contributed by atoms with Crippen LogP contribution in [0.5, 0.6) is 0 Å². The summed E-state index contributed by atoms with van der Waals surface area (Å²) < 4.78 is 3.84. The van der Waals surface area contributed by atoms with Gasteiger partial charge >= 0.3 is 0 Å². The molecule has 6 nitrogen and oxygen atoms in total. The summed E-state index contributed by atoms with van der Waals surface area (Å²) >= 11 is 1.67. The Morgan fingerprint density at radius 2 is 2.11 bits per heavy atom. The predicted molar refractivity (Wildman–Crippen MR) is 107 cm³/mol. The molecule has 3 aromatic heterocycles. The first-order valence-corrected chi connectivity index (χ1v) is 10.5. The van der Waals surface area contributed by atoms with Gasteiger partial charge in [0.2, 0.25) is 4.96 Å². The Morgan fingerprint density at radius 3 is 2.93 bits per heavy atom. The molecule has 4 aromatic rings. The highest BCUT2D eigenvalue weighted by Crippen LogP contribution is 2.46. The molecular weight excluding hydrogens is 356 g/mol. The van der Waals surface area contributed by atoms with Gasteiger partial charge in [0.05, 0.1) is 17.4 Å². The van der Waals surface area contributed by atoms with Crippen molar-refractivity contribution in [1.82, 2.24) is 29.7 Å². The van der Waals surface area contributed by atoms with Crippen LogP contribution in [0.15, 0.2) is 24.5 Å². The first-order chi connectivity index (χ1) is 13.1. The molecule has 0 amide bonds. The highest BCUT2D eigenvalue weighted by atomic mass is 32.1. The first-order valence-electron chi connectivity index (χ1n) is 9.64. The van der Waals surface area contributed by atoms with E-state index in [1.807, 2.05) is 16.2 Å². The lowest BCUT2D eigenvalue weighted by Crippen LogP contribution is -2.39. The normalized spacial score (nSPS) is 21.5. The molecule has 138 valence electrons. The predicted octanol–water partition coefficient (Wildman–Crippen LogP) is 3.65. The van der Waals surface area contributed by atoms with Gasteiger partial charge in [0.25, 0.3) is 0 Å². The fourth-order valence-corrected chi connectivity index (χ4v) is 5.40. The largest absolute Gasteiger partial charge is 0.311 e. The quantitative estimate of drug-likeness (QED) is 0.578. The molecule has 1 spiro atoms. The SMILES string of the molecule is Cc1cc(-c2nn3cc([C@H]4CCNC5(CC5)C4)nc3s2)cc2cn(C)nc12. The lowest BCUT2D eigenvalue weighted by Gasteiger charge is -2.29. The number of aryl methyl sites for hydroxylation is 2. The van der Waals surface area contributed by atoms with Crippen LogP contribution in [0.2, 0.25) is 0 Å². The van der Waals surface area contributed by atoms with Crippen molar-refractivity contribution in [1.29, 1.82) is 0 Å². The van der Waals surface area contributed by atoms with E-state index >= 15 is 0 Å². The van der Waals surface area contributed by atoms with Gasteiger partial charge in [0.15, 0.2) is 0 Å². The average molecular weight is 379 g/mol. The molecule has 27 heavy (non-hydrogen) atoms. The number of hydrogen-bond acceptors (Lipinski definition) is 5. The zero-order chi connectivity index (χ0) is 18.2. The third-order valence-electron chi connectivity index (χ3n) is 6.12. The van der Waals surface area contributed by atoms with E-state index in [9.17, 15) is 0 Å². The molecule has 4 heterocycles. The fourth-order valence-electron chi connectivity index (χ4n) is 4.53. The van der Waals surface area contributed by atoms with E-state index in [1.54, 1.807) is 11.3 Å². The lowest BCUT2D eigenvalue weighted by atomic mass is 9.89. The molecule has 1 aromatic carbocycles. The van der Waals surface area contributed by atoms with Crippen molar-refractivity contribution in [3.8, 4) is 10.6 Å². The Kier molecular flexibility index (Phi) is 3.15.